The fraction of sp³-hybridized carbons (Fsp3) is 0.500. The SMILES string of the molecule is C=C/C(CC)=C(\N=C)OCCC. The van der Waals surface area contributed by atoms with Gasteiger partial charge in [0.1, 0.15) is 0 Å². The third-order valence-electron chi connectivity index (χ3n) is 1.49. The molecule has 0 saturated heterocycles. The summed E-state index contributed by atoms with van der Waals surface area (Å²) in [6.07, 6.45) is 3.62. The highest BCUT2D eigenvalue weighted by Gasteiger charge is 1.99. The van der Waals surface area contributed by atoms with Gasteiger partial charge in [-0.3, -0.25) is 0 Å². The van der Waals surface area contributed by atoms with E-state index in [0.717, 1.165) is 18.4 Å². The molecule has 0 N–H and O–H groups in total. The van der Waals surface area contributed by atoms with E-state index in [0.29, 0.717) is 12.5 Å². The van der Waals surface area contributed by atoms with Crippen LogP contribution in [0.4, 0.5) is 0 Å². The van der Waals surface area contributed by atoms with Crippen molar-refractivity contribution in [2.45, 2.75) is 26.7 Å². The van der Waals surface area contributed by atoms with Crippen molar-refractivity contribution in [3.8, 4) is 0 Å². The molecule has 0 bridgehead atoms. The third-order valence-corrected chi connectivity index (χ3v) is 1.49. The van der Waals surface area contributed by atoms with Crippen molar-refractivity contribution in [2.24, 2.45) is 4.99 Å². The Balaban J connectivity index is 4.34. The monoisotopic (exact) mass is 167 g/mol. The molecule has 0 amide bonds. The summed E-state index contributed by atoms with van der Waals surface area (Å²) >= 11 is 0. The topological polar surface area (TPSA) is 21.6 Å². The van der Waals surface area contributed by atoms with Crippen molar-refractivity contribution in [1.29, 1.82) is 0 Å². The highest BCUT2D eigenvalue weighted by molar-refractivity contribution is 5.31. The maximum absolute atomic E-state index is 5.36. The van der Waals surface area contributed by atoms with Crippen LogP contribution in [0.1, 0.15) is 26.7 Å². The van der Waals surface area contributed by atoms with E-state index in [2.05, 4.69) is 25.2 Å². The summed E-state index contributed by atoms with van der Waals surface area (Å²) in [4.78, 5) is 3.80. The molecule has 68 valence electrons. The number of aliphatic imine (C=N–C) groups is 1. The summed E-state index contributed by atoms with van der Waals surface area (Å²) in [5, 5.41) is 0. The average Bonchev–Trinajstić information content (AvgIpc) is 2.12. The Bertz CT molecular complexity index is 182. The maximum Gasteiger partial charge on any atom is 0.215 e. The lowest BCUT2D eigenvalue weighted by Crippen LogP contribution is -1.94. The third kappa shape index (κ3) is 3.37. The predicted molar refractivity (Wildman–Crippen MR) is 53.3 cm³/mol. The highest BCUT2D eigenvalue weighted by atomic mass is 16.5. The van der Waals surface area contributed by atoms with E-state index >= 15 is 0 Å². The fourth-order valence-electron chi connectivity index (χ4n) is 0.821. The van der Waals surface area contributed by atoms with E-state index < -0.39 is 0 Å². The van der Waals surface area contributed by atoms with Gasteiger partial charge in [-0.05, 0) is 19.6 Å². The zero-order chi connectivity index (χ0) is 9.40. The zero-order valence-corrected chi connectivity index (χ0v) is 7.97. The van der Waals surface area contributed by atoms with Gasteiger partial charge in [0.15, 0.2) is 0 Å². The second-order valence-corrected chi connectivity index (χ2v) is 2.39. The molecule has 0 radical (unpaired) electrons. The molecule has 0 spiro atoms. The van der Waals surface area contributed by atoms with E-state index in [9.17, 15) is 0 Å². The van der Waals surface area contributed by atoms with Crippen LogP contribution in [0.3, 0.4) is 0 Å². The first-order chi connectivity index (χ1) is 5.79. The van der Waals surface area contributed by atoms with Crippen LogP contribution >= 0.6 is 0 Å². The molecular formula is C10H17NO. The number of nitrogens with zero attached hydrogens (tertiary/aromatic N) is 1. The van der Waals surface area contributed by atoms with Crippen molar-refractivity contribution < 1.29 is 4.74 Å². The maximum atomic E-state index is 5.36. The standard InChI is InChI=1S/C10H17NO/c1-5-8-12-10(11-4)9(6-2)7-3/h6H,2,4-5,7-8H2,1,3H3/b10-9-. The first kappa shape index (κ1) is 11.0. The number of hydrogen-bond donors (Lipinski definition) is 0. The number of rotatable bonds is 6. The summed E-state index contributed by atoms with van der Waals surface area (Å²) in [6, 6.07) is 0. The molecule has 2 nitrogen and oxygen atoms in total. The van der Waals surface area contributed by atoms with Crippen molar-refractivity contribution in [2.75, 3.05) is 6.61 Å². The molecule has 12 heavy (non-hydrogen) atoms. The lowest BCUT2D eigenvalue weighted by atomic mass is 10.2. The normalized spacial score (nSPS) is 11.8. The number of hydrogen-bond acceptors (Lipinski definition) is 2. The molecule has 2 heteroatoms. The molecule has 0 unspecified atom stereocenters. The Morgan fingerprint density at radius 3 is 2.50 bits per heavy atom. The van der Waals surface area contributed by atoms with Gasteiger partial charge in [-0.1, -0.05) is 26.5 Å². The van der Waals surface area contributed by atoms with Crippen molar-refractivity contribution >= 4 is 6.72 Å². The predicted octanol–water partition coefficient (Wildman–Crippen LogP) is 2.92. The Morgan fingerprint density at radius 1 is 1.50 bits per heavy atom. The van der Waals surface area contributed by atoms with Crippen LogP contribution in [-0.2, 0) is 4.74 Å². The van der Waals surface area contributed by atoms with Gasteiger partial charge >= 0.3 is 0 Å². The molecule has 0 rings (SSSR count). The quantitative estimate of drug-likeness (QED) is 0.338. The molecule has 0 aliphatic rings. The first-order valence-electron chi connectivity index (χ1n) is 4.25. The largest absolute Gasteiger partial charge is 0.477 e. The van der Waals surface area contributed by atoms with E-state index in [-0.39, 0.29) is 0 Å². The molecule has 0 aromatic heterocycles. The van der Waals surface area contributed by atoms with Gasteiger partial charge in [0.05, 0.1) is 6.61 Å². The summed E-state index contributed by atoms with van der Waals surface area (Å²) < 4.78 is 5.36. The Labute approximate surface area is 74.7 Å². The molecule has 0 aromatic rings. The summed E-state index contributed by atoms with van der Waals surface area (Å²) in [7, 11) is 0. The van der Waals surface area contributed by atoms with E-state index in [1.807, 2.05) is 6.92 Å². The molecular weight excluding hydrogens is 150 g/mol. The zero-order valence-electron chi connectivity index (χ0n) is 7.97. The second kappa shape index (κ2) is 6.65. The van der Waals surface area contributed by atoms with Gasteiger partial charge in [-0.15, -0.1) is 0 Å². The van der Waals surface area contributed by atoms with Gasteiger partial charge in [0, 0.05) is 5.57 Å². The minimum absolute atomic E-state index is 0.620. The van der Waals surface area contributed by atoms with Crippen LogP contribution in [0, 0.1) is 0 Å². The van der Waals surface area contributed by atoms with Gasteiger partial charge in [0.2, 0.25) is 5.88 Å². The van der Waals surface area contributed by atoms with E-state index in [1.165, 1.54) is 0 Å². The smallest absolute Gasteiger partial charge is 0.215 e. The van der Waals surface area contributed by atoms with Gasteiger partial charge in [-0.25, -0.2) is 4.99 Å². The Morgan fingerprint density at radius 2 is 2.17 bits per heavy atom. The first-order valence-corrected chi connectivity index (χ1v) is 4.25. The minimum atomic E-state index is 0.620. The number of allylic oxidation sites excluding steroid dienone is 2. The second-order valence-electron chi connectivity index (χ2n) is 2.39. The lowest BCUT2D eigenvalue weighted by Gasteiger charge is -2.07. The summed E-state index contributed by atoms with van der Waals surface area (Å²) in [6.45, 7) is 11.9. The fourth-order valence-corrected chi connectivity index (χ4v) is 0.821. The lowest BCUT2D eigenvalue weighted by molar-refractivity contribution is 0.208. The van der Waals surface area contributed by atoms with Gasteiger partial charge in [-0.2, -0.15) is 0 Å². The Hall–Kier alpha value is -1.05. The van der Waals surface area contributed by atoms with Crippen LogP contribution in [0.25, 0.3) is 0 Å². The Kier molecular flexibility index (Phi) is 6.07. The molecule has 0 saturated carbocycles. The van der Waals surface area contributed by atoms with E-state index in [1.54, 1.807) is 6.08 Å². The van der Waals surface area contributed by atoms with Crippen LogP contribution in [0.2, 0.25) is 0 Å². The van der Waals surface area contributed by atoms with Gasteiger partial charge < -0.3 is 4.74 Å². The van der Waals surface area contributed by atoms with Crippen LogP contribution < -0.4 is 0 Å². The van der Waals surface area contributed by atoms with E-state index in [4.69, 9.17) is 4.74 Å². The molecule has 0 fully saturated rings. The van der Waals surface area contributed by atoms with Crippen LogP contribution in [-0.4, -0.2) is 13.3 Å². The summed E-state index contributed by atoms with van der Waals surface area (Å²) in [5.41, 5.74) is 1.01. The molecule has 0 atom stereocenters. The van der Waals surface area contributed by atoms with Crippen molar-refractivity contribution in [1.82, 2.24) is 0 Å². The number of ether oxygens (including phenoxy) is 1. The highest BCUT2D eigenvalue weighted by Crippen LogP contribution is 2.12. The van der Waals surface area contributed by atoms with Gasteiger partial charge in [0.25, 0.3) is 0 Å². The van der Waals surface area contributed by atoms with Crippen LogP contribution in [0.15, 0.2) is 29.1 Å². The average molecular weight is 167 g/mol. The molecule has 0 aliphatic carbocycles. The van der Waals surface area contributed by atoms with Crippen LogP contribution in [0.5, 0.6) is 0 Å². The molecule has 0 aliphatic heterocycles. The molecule has 0 heterocycles. The molecule has 0 aromatic carbocycles. The minimum Gasteiger partial charge on any atom is -0.477 e. The van der Waals surface area contributed by atoms with Crippen molar-refractivity contribution in [3.63, 3.8) is 0 Å². The van der Waals surface area contributed by atoms with Crippen molar-refractivity contribution in [3.05, 3.63) is 24.1 Å². The summed E-state index contributed by atoms with van der Waals surface area (Å²) in [5.74, 6) is 0.620.